The molecule has 6 heteroatoms. The van der Waals surface area contributed by atoms with E-state index in [4.69, 9.17) is 4.74 Å². The van der Waals surface area contributed by atoms with Crippen LogP contribution in [-0.4, -0.2) is 28.1 Å². The Labute approximate surface area is 168 Å². The molecule has 136 valence electrons. The standard InChI is InChI=1S/C20H18Br2O4/c1-4-11-5-6-14-18(24)10(2)7-16(23)20(14,22)17(11)13-8-12(21)9-15(26-3)19(13)25/h4-5,7-9,14,17,25H,1,6H2,2-3H3. The lowest BCUT2D eigenvalue weighted by Gasteiger charge is -2.45. The zero-order valence-electron chi connectivity index (χ0n) is 14.4. The number of hydrogen-bond donors (Lipinski definition) is 1. The molecule has 0 heterocycles. The largest absolute Gasteiger partial charge is 0.504 e. The summed E-state index contributed by atoms with van der Waals surface area (Å²) in [7, 11) is 1.46. The number of rotatable bonds is 3. The van der Waals surface area contributed by atoms with E-state index in [1.807, 2.05) is 6.08 Å². The van der Waals surface area contributed by atoms with Crippen molar-refractivity contribution in [1.82, 2.24) is 0 Å². The molecule has 0 fully saturated rings. The van der Waals surface area contributed by atoms with Crippen LogP contribution >= 0.6 is 31.9 Å². The number of ketones is 2. The second-order valence-electron chi connectivity index (χ2n) is 6.50. The Balaban J connectivity index is 2.30. The molecule has 4 nitrogen and oxygen atoms in total. The number of phenols is 1. The Bertz CT molecular complexity index is 884. The van der Waals surface area contributed by atoms with Crippen LogP contribution in [0.25, 0.3) is 0 Å². The van der Waals surface area contributed by atoms with Gasteiger partial charge < -0.3 is 9.84 Å². The van der Waals surface area contributed by atoms with E-state index in [2.05, 4.69) is 38.4 Å². The average Bonchev–Trinajstić information content (AvgIpc) is 2.61. The maximum Gasteiger partial charge on any atom is 0.174 e. The van der Waals surface area contributed by atoms with Crippen molar-refractivity contribution in [2.45, 2.75) is 23.6 Å². The maximum atomic E-state index is 13.0. The number of carbonyl (C=O) groups is 2. The number of hydrogen-bond acceptors (Lipinski definition) is 4. The molecule has 0 saturated carbocycles. The minimum absolute atomic E-state index is 0.0561. The number of alkyl halides is 1. The molecule has 3 atom stereocenters. The van der Waals surface area contributed by atoms with Crippen LogP contribution in [-0.2, 0) is 9.59 Å². The van der Waals surface area contributed by atoms with Gasteiger partial charge in [0.15, 0.2) is 23.1 Å². The number of carbonyl (C=O) groups excluding carboxylic acids is 2. The molecular formula is C20H18Br2O4. The van der Waals surface area contributed by atoms with Crippen molar-refractivity contribution in [2.24, 2.45) is 5.92 Å². The van der Waals surface area contributed by atoms with E-state index in [0.29, 0.717) is 22.0 Å². The number of methoxy groups -OCH3 is 1. The first-order valence-electron chi connectivity index (χ1n) is 8.10. The second kappa shape index (κ2) is 6.82. The normalized spacial score (nSPS) is 28.2. The topological polar surface area (TPSA) is 63.6 Å². The van der Waals surface area contributed by atoms with Crippen LogP contribution in [0.1, 0.15) is 24.8 Å². The van der Waals surface area contributed by atoms with Gasteiger partial charge in [-0.25, -0.2) is 0 Å². The third-order valence-electron chi connectivity index (χ3n) is 5.12. The molecular weight excluding hydrogens is 464 g/mol. The lowest BCUT2D eigenvalue weighted by molar-refractivity contribution is -0.128. The van der Waals surface area contributed by atoms with E-state index >= 15 is 0 Å². The molecule has 3 rings (SSSR count). The zero-order chi connectivity index (χ0) is 19.2. The first-order valence-corrected chi connectivity index (χ1v) is 9.69. The molecule has 1 aromatic rings. The van der Waals surface area contributed by atoms with E-state index < -0.39 is 16.2 Å². The molecule has 1 N–H and O–H groups in total. The van der Waals surface area contributed by atoms with E-state index in [0.717, 1.165) is 5.57 Å². The van der Waals surface area contributed by atoms with Crippen molar-refractivity contribution in [3.05, 3.63) is 58.1 Å². The molecule has 0 bridgehead atoms. The molecule has 0 aliphatic heterocycles. The molecule has 2 aliphatic rings. The number of phenolic OH excluding ortho intramolecular Hbond substituents is 1. The van der Waals surface area contributed by atoms with Gasteiger partial charge in [-0.3, -0.25) is 9.59 Å². The van der Waals surface area contributed by atoms with Gasteiger partial charge in [0.05, 0.1) is 7.11 Å². The van der Waals surface area contributed by atoms with Crippen LogP contribution in [0.2, 0.25) is 0 Å². The summed E-state index contributed by atoms with van der Waals surface area (Å²) in [4.78, 5) is 25.8. The van der Waals surface area contributed by atoms with Gasteiger partial charge in [-0.2, -0.15) is 0 Å². The van der Waals surface area contributed by atoms with Gasteiger partial charge in [0.2, 0.25) is 0 Å². The van der Waals surface area contributed by atoms with Crippen molar-refractivity contribution in [3.8, 4) is 11.5 Å². The zero-order valence-corrected chi connectivity index (χ0v) is 17.6. The summed E-state index contributed by atoms with van der Waals surface area (Å²) in [6, 6.07) is 3.39. The summed E-state index contributed by atoms with van der Waals surface area (Å²) < 4.78 is 4.78. The smallest absolute Gasteiger partial charge is 0.174 e. The molecule has 1 aromatic carbocycles. The van der Waals surface area contributed by atoms with E-state index in [1.54, 1.807) is 25.1 Å². The highest BCUT2D eigenvalue weighted by Gasteiger charge is 2.57. The minimum atomic E-state index is -1.18. The molecule has 26 heavy (non-hydrogen) atoms. The number of benzene rings is 1. The Morgan fingerprint density at radius 2 is 2.08 bits per heavy atom. The van der Waals surface area contributed by atoms with Crippen molar-refractivity contribution in [2.75, 3.05) is 7.11 Å². The number of halogens is 2. The quantitative estimate of drug-likeness (QED) is 0.640. The third kappa shape index (κ3) is 2.70. The van der Waals surface area contributed by atoms with Gasteiger partial charge in [-0.15, -0.1) is 0 Å². The van der Waals surface area contributed by atoms with Crippen LogP contribution in [0.3, 0.4) is 0 Å². The summed E-state index contributed by atoms with van der Waals surface area (Å²) in [6.45, 7) is 5.52. The number of allylic oxidation sites excluding steroid dienone is 5. The predicted octanol–water partition coefficient (Wildman–Crippen LogP) is 4.61. The van der Waals surface area contributed by atoms with Crippen LogP contribution in [0, 0.1) is 5.92 Å². The molecule has 0 spiro atoms. The third-order valence-corrected chi connectivity index (χ3v) is 6.98. The van der Waals surface area contributed by atoms with Crippen LogP contribution < -0.4 is 4.74 Å². The summed E-state index contributed by atoms with van der Waals surface area (Å²) >= 11 is 7.05. The first-order chi connectivity index (χ1) is 12.2. The van der Waals surface area contributed by atoms with E-state index in [-0.39, 0.29) is 23.1 Å². The van der Waals surface area contributed by atoms with E-state index in [1.165, 1.54) is 13.2 Å². The molecule has 0 saturated heterocycles. The second-order valence-corrected chi connectivity index (χ2v) is 8.73. The molecule has 0 radical (unpaired) electrons. The van der Waals surface area contributed by atoms with Gasteiger partial charge in [0.1, 0.15) is 4.32 Å². The highest BCUT2D eigenvalue weighted by atomic mass is 79.9. The number of fused-ring (bicyclic) bond motifs is 1. The average molecular weight is 482 g/mol. The van der Waals surface area contributed by atoms with Crippen LogP contribution in [0.15, 0.2) is 52.6 Å². The van der Waals surface area contributed by atoms with Crippen molar-refractivity contribution in [1.29, 1.82) is 0 Å². The van der Waals surface area contributed by atoms with Crippen LogP contribution in [0.4, 0.5) is 0 Å². The first kappa shape index (κ1) is 19.1. The van der Waals surface area contributed by atoms with Crippen molar-refractivity contribution >= 4 is 43.4 Å². The highest BCUT2D eigenvalue weighted by Crippen LogP contribution is 2.56. The fourth-order valence-electron chi connectivity index (χ4n) is 3.83. The molecule has 0 aromatic heterocycles. The van der Waals surface area contributed by atoms with Gasteiger partial charge in [0.25, 0.3) is 0 Å². The van der Waals surface area contributed by atoms with Crippen molar-refractivity contribution < 1.29 is 19.4 Å². The maximum absolute atomic E-state index is 13.0. The summed E-state index contributed by atoms with van der Waals surface area (Å²) in [5.74, 6) is -1.14. The minimum Gasteiger partial charge on any atom is -0.504 e. The summed E-state index contributed by atoms with van der Waals surface area (Å²) in [5.41, 5.74) is 1.74. The SMILES string of the molecule is C=CC1=CCC2C(=O)C(C)=CC(=O)C2(Br)C1c1cc(Br)cc(OC)c1O. The number of Topliss-reactive ketones (excluding diaryl/α,β-unsaturated/α-hetero) is 1. The monoisotopic (exact) mass is 480 g/mol. The summed E-state index contributed by atoms with van der Waals surface area (Å²) in [5, 5.41) is 10.7. The summed E-state index contributed by atoms with van der Waals surface area (Å²) in [6.07, 6.45) is 5.40. The Morgan fingerprint density at radius 1 is 1.38 bits per heavy atom. The number of aromatic hydroxyl groups is 1. The van der Waals surface area contributed by atoms with Gasteiger partial charge in [0, 0.05) is 21.9 Å². The van der Waals surface area contributed by atoms with Gasteiger partial charge >= 0.3 is 0 Å². The molecule has 3 unspecified atom stereocenters. The van der Waals surface area contributed by atoms with Gasteiger partial charge in [-0.05, 0) is 42.7 Å². The lowest BCUT2D eigenvalue weighted by Crippen LogP contribution is -2.52. The van der Waals surface area contributed by atoms with E-state index in [9.17, 15) is 14.7 Å². The van der Waals surface area contributed by atoms with Crippen molar-refractivity contribution in [3.63, 3.8) is 0 Å². The Morgan fingerprint density at radius 3 is 2.69 bits per heavy atom. The molecule has 2 aliphatic carbocycles. The predicted molar refractivity (Wildman–Crippen MR) is 107 cm³/mol. The Kier molecular flexibility index (Phi) is 5.01. The lowest BCUT2D eigenvalue weighted by atomic mass is 9.62. The van der Waals surface area contributed by atoms with Crippen LogP contribution in [0.5, 0.6) is 11.5 Å². The molecule has 0 amide bonds. The fraction of sp³-hybridized carbons (Fsp3) is 0.300. The van der Waals surface area contributed by atoms with Gasteiger partial charge in [-0.1, -0.05) is 50.6 Å². The highest BCUT2D eigenvalue weighted by molar-refractivity contribution is 9.10. The Hall–Kier alpha value is -1.66. The number of ether oxygens (including phenoxy) is 1. The fourth-order valence-corrected chi connectivity index (χ4v) is 5.30.